The smallest absolute Gasteiger partial charge is 0.242 e. The second-order valence-corrected chi connectivity index (χ2v) is 7.28. The molecule has 0 bridgehead atoms. The van der Waals surface area contributed by atoms with Crippen molar-refractivity contribution in [1.82, 2.24) is 25.3 Å². The summed E-state index contributed by atoms with van der Waals surface area (Å²) < 4.78 is 2.04. The van der Waals surface area contributed by atoms with Gasteiger partial charge in [0, 0.05) is 18.3 Å². The highest BCUT2D eigenvalue weighted by Gasteiger charge is 2.29. The van der Waals surface area contributed by atoms with E-state index in [2.05, 4.69) is 33.6 Å². The lowest BCUT2D eigenvalue weighted by molar-refractivity contribution is -0.129. The third kappa shape index (κ3) is 4.60. The third-order valence-electron chi connectivity index (χ3n) is 5.20. The number of carbonyl (C=O) groups excluding carboxylic acids is 2. The van der Waals surface area contributed by atoms with Crippen molar-refractivity contribution >= 4 is 11.8 Å². The SMILES string of the molecule is Cc1cc(C)n(C[C@H]2CCCN2CC(=O)N[C@@H]2CCCCNC2=O)n1. The lowest BCUT2D eigenvalue weighted by Gasteiger charge is -2.25. The molecule has 138 valence electrons. The molecule has 3 rings (SSSR count). The monoisotopic (exact) mass is 347 g/mol. The van der Waals surface area contributed by atoms with Gasteiger partial charge in [-0.05, 0) is 58.6 Å². The van der Waals surface area contributed by atoms with E-state index in [4.69, 9.17) is 0 Å². The highest BCUT2D eigenvalue weighted by Crippen LogP contribution is 2.19. The van der Waals surface area contributed by atoms with E-state index in [1.165, 1.54) is 0 Å². The minimum atomic E-state index is -0.382. The first-order valence-corrected chi connectivity index (χ1v) is 9.35. The van der Waals surface area contributed by atoms with Crippen molar-refractivity contribution in [2.45, 2.75) is 64.6 Å². The molecule has 2 aliphatic rings. The van der Waals surface area contributed by atoms with Gasteiger partial charge in [-0.2, -0.15) is 5.10 Å². The second-order valence-electron chi connectivity index (χ2n) is 7.28. The predicted molar refractivity (Wildman–Crippen MR) is 95.1 cm³/mol. The number of nitrogens with one attached hydrogen (secondary N) is 2. The molecule has 0 aliphatic carbocycles. The maximum absolute atomic E-state index is 12.4. The molecule has 7 heteroatoms. The maximum Gasteiger partial charge on any atom is 0.242 e. The van der Waals surface area contributed by atoms with Crippen molar-refractivity contribution in [2.75, 3.05) is 19.6 Å². The van der Waals surface area contributed by atoms with Crippen LogP contribution in [0.5, 0.6) is 0 Å². The van der Waals surface area contributed by atoms with Gasteiger partial charge < -0.3 is 10.6 Å². The van der Waals surface area contributed by atoms with E-state index >= 15 is 0 Å². The summed E-state index contributed by atoms with van der Waals surface area (Å²) in [6.07, 6.45) is 4.85. The summed E-state index contributed by atoms with van der Waals surface area (Å²) in [6.45, 7) is 6.87. The Kier molecular flexibility index (Phi) is 5.73. The zero-order valence-electron chi connectivity index (χ0n) is 15.3. The molecule has 2 N–H and O–H groups in total. The molecule has 0 aromatic carbocycles. The second kappa shape index (κ2) is 7.99. The summed E-state index contributed by atoms with van der Waals surface area (Å²) in [7, 11) is 0. The number of rotatable bonds is 5. The molecule has 2 amide bonds. The van der Waals surface area contributed by atoms with Crippen LogP contribution < -0.4 is 10.6 Å². The predicted octanol–water partition coefficient (Wildman–Crippen LogP) is 0.749. The molecule has 2 atom stereocenters. The average Bonchev–Trinajstić information content (AvgIpc) is 3.05. The van der Waals surface area contributed by atoms with Crippen LogP contribution >= 0.6 is 0 Å². The first-order chi connectivity index (χ1) is 12.0. The Morgan fingerprint density at radius 1 is 1.32 bits per heavy atom. The van der Waals surface area contributed by atoms with Crippen LogP contribution in [0.2, 0.25) is 0 Å². The zero-order chi connectivity index (χ0) is 17.8. The summed E-state index contributed by atoms with van der Waals surface area (Å²) in [5, 5.41) is 10.3. The fourth-order valence-corrected chi connectivity index (χ4v) is 3.87. The van der Waals surface area contributed by atoms with Gasteiger partial charge in [0.15, 0.2) is 0 Å². The Labute approximate surface area is 149 Å². The Morgan fingerprint density at radius 3 is 2.92 bits per heavy atom. The molecular weight excluding hydrogens is 318 g/mol. The van der Waals surface area contributed by atoms with Gasteiger partial charge in [0.25, 0.3) is 0 Å². The minimum absolute atomic E-state index is 0.0496. The van der Waals surface area contributed by atoms with E-state index in [0.29, 0.717) is 19.1 Å². The summed E-state index contributed by atoms with van der Waals surface area (Å²) in [6, 6.07) is 2.02. The first-order valence-electron chi connectivity index (χ1n) is 9.35. The number of hydrogen-bond acceptors (Lipinski definition) is 4. The van der Waals surface area contributed by atoms with Crippen LogP contribution in [0, 0.1) is 13.8 Å². The van der Waals surface area contributed by atoms with Gasteiger partial charge in [0.05, 0.1) is 18.8 Å². The first kappa shape index (κ1) is 17.9. The molecule has 3 heterocycles. The largest absolute Gasteiger partial charge is 0.354 e. The van der Waals surface area contributed by atoms with Crippen LogP contribution in [0.1, 0.15) is 43.5 Å². The topological polar surface area (TPSA) is 79.3 Å². The summed E-state index contributed by atoms with van der Waals surface area (Å²) >= 11 is 0. The average molecular weight is 347 g/mol. The van der Waals surface area contributed by atoms with Crippen LogP contribution in [0.4, 0.5) is 0 Å². The molecule has 0 radical (unpaired) electrons. The van der Waals surface area contributed by atoms with Gasteiger partial charge in [-0.25, -0.2) is 0 Å². The normalized spacial score (nSPS) is 24.8. The van der Waals surface area contributed by atoms with E-state index in [0.717, 1.165) is 56.6 Å². The minimum Gasteiger partial charge on any atom is -0.354 e. The number of hydrogen-bond donors (Lipinski definition) is 2. The molecule has 25 heavy (non-hydrogen) atoms. The molecular formula is C18H29N5O2. The van der Waals surface area contributed by atoms with Gasteiger partial charge in [-0.15, -0.1) is 0 Å². The maximum atomic E-state index is 12.4. The van der Waals surface area contributed by atoms with E-state index in [9.17, 15) is 9.59 Å². The molecule has 1 aromatic rings. The van der Waals surface area contributed by atoms with Gasteiger partial charge in [-0.1, -0.05) is 0 Å². The van der Waals surface area contributed by atoms with Crippen LogP contribution in [0.3, 0.4) is 0 Å². The quantitative estimate of drug-likeness (QED) is 0.824. The van der Waals surface area contributed by atoms with Gasteiger partial charge in [-0.3, -0.25) is 19.2 Å². The Morgan fingerprint density at radius 2 is 2.16 bits per heavy atom. The summed E-state index contributed by atoms with van der Waals surface area (Å²) in [5.74, 6) is -0.103. The molecule has 2 saturated heterocycles. The van der Waals surface area contributed by atoms with Gasteiger partial charge >= 0.3 is 0 Å². The van der Waals surface area contributed by atoms with E-state index in [1.54, 1.807) is 0 Å². The van der Waals surface area contributed by atoms with Crippen molar-refractivity contribution in [1.29, 1.82) is 0 Å². The van der Waals surface area contributed by atoms with Gasteiger partial charge in [0.1, 0.15) is 6.04 Å². The number of likely N-dealkylation sites (tertiary alicyclic amines) is 1. The number of carbonyl (C=O) groups is 2. The Hall–Kier alpha value is -1.89. The number of amides is 2. The summed E-state index contributed by atoms with van der Waals surface area (Å²) in [5.41, 5.74) is 2.18. The molecule has 2 fully saturated rings. The van der Waals surface area contributed by atoms with Crippen molar-refractivity contribution in [2.24, 2.45) is 0 Å². The zero-order valence-corrected chi connectivity index (χ0v) is 15.3. The highest BCUT2D eigenvalue weighted by molar-refractivity contribution is 5.88. The van der Waals surface area contributed by atoms with Crippen LogP contribution in [0.15, 0.2) is 6.07 Å². The molecule has 7 nitrogen and oxygen atoms in total. The van der Waals surface area contributed by atoms with Gasteiger partial charge in [0.2, 0.25) is 11.8 Å². The number of aromatic nitrogens is 2. The van der Waals surface area contributed by atoms with Crippen LogP contribution in [0.25, 0.3) is 0 Å². The molecule has 0 spiro atoms. The molecule has 2 aliphatic heterocycles. The number of aryl methyl sites for hydroxylation is 2. The van der Waals surface area contributed by atoms with E-state index < -0.39 is 0 Å². The third-order valence-corrected chi connectivity index (χ3v) is 5.20. The number of nitrogens with zero attached hydrogens (tertiary/aromatic N) is 3. The van der Waals surface area contributed by atoms with Crippen molar-refractivity contribution < 1.29 is 9.59 Å². The van der Waals surface area contributed by atoms with Crippen LogP contribution in [-0.2, 0) is 16.1 Å². The van der Waals surface area contributed by atoms with E-state index in [-0.39, 0.29) is 17.9 Å². The van der Waals surface area contributed by atoms with E-state index in [1.807, 2.05) is 11.6 Å². The fraction of sp³-hybridized carbons (Fsp3) is 0.722. The fourth-order valence-electron chi connectivity index (χ4n) is 3.87. The lowest BCUT2D eigenvalue weighted by Crippen LogP contribution is -2.49. The van der Waals surface area contributed by atoms with Crippen molar-refractivity contribution in [3.8, 4) is 0 Å². The molecule has 0 unspecified atom stereocenters. The Bertz CT molecular complexity index is 627. The lowest BCUT2D eigenvalue weighted by atomic mass is 10.1. The molecule has 1 aromatic heterocycles. The standard InChI is InChI=1S/C18H29N5O2/c1-13-10-14(2)23(21-13)11-15-6-5-9-22(15)12-17(24)20-16-7-3-4-8-19-18(16)25/h10,15-16H,3-9,11-12H2,1-2H3,(H,19,25)(H,20,24)/t15-,16-/m1/s1. The summed E-state index contributed by atoms with van der Waals surface area (Å²) in [4.78, 5) is 26.6. The van der Waals surface area contributed by atoms with Crippen molar-refractivity contribution in [3.63, 3.8) is 0 Å². The molecule has 0 saturated carbocycles. The Balaban J connectivity index is 1.54. The van der Waals surface area contributed by atoms with Crippen molar-refractivity contribution in [3.05, 3.63) is 17.5 Å². The van der Waals surface area contributed by atoms with Crippen LogP contribution in [-0.4, -0.2) is 58.2 Å². The highest BCUT2D eigenvalue weighted by atomic mass is 16.2.